The zero-order chi connectivity index (χ0) is 24.2. The largest absolute Gasteiger partial charge is 0.405 e. The van der Waals surface area contributed by atoms with Gasteiger partial charge in [0.05, 0.1) is 17.9 Å². The minimum atomic E-state index is -0.264. The molecule has 1 atom stereocenters. The number of rotatable bonds is 7. The summed E-state index contributed by atoms with van der Waals surface area (Å²) in [4.78, 5) is 24.6. The Morgan fingerprint density at radius 2 is 2.06 bits per heavy atom. The van der Waals surface area contributed by atoms with Crippen molar-refractivity contribution in [2.75, 3.05) is 4.90 Å². The van der Waals surface area contributed by atoms with Gasteiger partial charge in [-0.2, -0.15) is 0 Å². The summed E-state index contributed by atoms with van der Waals surface area (Å²) >= 11 is 0. The second-order valence-electron chi connectivity index (χ2n) is 8.10. The van der Waals surface area contributed by atoms with Gasteiger partial charge in [-0.25, -0.2) is 9.97 Å². The molecule has 9 nitrogen and oxygen atoms in total. The Labute approximate surface area is 198 Å². The second kappa shape index (κ2) is 9.70. The van der Waals surface area contributed by atoms with Gasteiger partial charge in [0.1, 0.15) is 12.0 Å². The summed E-state index contributed by atoms with van der Waals surface area (Å²) in [6, 6.07) is 9.14. The number of fused-ring (bicyclic) bond motifs is 3. The average Bonchev–Trinajstić information content (AvgIpc) is 3.35. The summed E-state index contributed by atoms with van der Waals surface area (Å²) in [7, 11) is 0. The number of aromatic nitrogens is 5. The summed E-state index contributed by atoms with van der Waals surface area (Å²) < 4.78 is 1.93. The number of hydrogen-bond acceptors (Lipinski definition) is 7. The van der Waals surface area contributed by atoms with E-state index in [9.17, 15) is 4.79 Å². The molecule has 1 aliphatic heterocycles. The highest BCUT2D eigenvalue weighted by Crippen LogP contribution is 2.39. The van der Waals surface area contributed by atoms with Crippen LogP contribution in [0.2, 0.25) is 0 Å². The van der Waals surface area contributed by atoms with Crippen LogP contribution in [0.4, 0.5) is 5.82 Å². The SMILES string of the molecule is C=C/C(NC(=O)c1ccccc1)=C(\C=C/N)c1ncc2c(n1)N(C(C)C)[C@H](CC)c1nncn1-2. The lowest BCUT2D eigenvalue weighted by Gasteiger charge is -2.39. The van der Waals surface area contributed by atoms with Gasteiger partial charge in [-0.05, 0) is 50.8 Å². The predicted octanol–water partition coefficient (Wildman–Crippen LogP) is 3.54. The molecular weight excluding hydrogens is 428 g/mol. The molecule has 3 aromatic rings. The van der Waals surface area contributed by atoms with E-state index in [4.69, 9.17) is 10.7 Å². The molecule has 4 rings (SSSR count). The molecule has 0 saturated heterocycles. The van der Waals surface area contributed by atoms with Crippen molar-refractivity contribution in [2.45, 2.75) is 39.3 Å². The first-order valence-electron chi connectivity index (χ1n) is 11.2. The fourth-order valence-corrected chi connectivity index (χ4v) is 4.16. The number of benzene rings is 1. The average molecular weight is 457 g/mol. The molecule has 0 fully saturated rings. The maximum atomic E-state index is 12.8. The van der Waals surface area contributed by atoms with Gasteiger partial charge in [-0.1, -0.05) is 31.7 Å². The molecule has 3 heterocycles. The zero-order valence-electron chi connectivity index (χ0n) is 19.5. The van der Waals surface area contributed by atoms with Crippen molar-refractivity contribution >= 4 is 17.3 Å². The van der Waals surface area contributed by atoms with Crippen LogP contribution >= 0.6 is 0 Å². The fourth-order valence-electron chi connectivity index (χ4n) is 4.16. The summed E-state index contributed by atoms with van der Waals surface area (Å²) in [5.74, 6) is 1.78. The summed E-state index contributed by atoms with van der Waals surface area (Å²) in [6.07, 6.45) is 8.88. The number of anilines is 1. The lowest BCUT2D eigenvalue weighted by atomic mass is 10.1. The maximum absolute atomic E-state index is 12.8. The molecule has 174 valence electrons. The minimum Gasteiger partial charge on any atom is -0.405 e. The molecule has 2 aromatic heterocycles. The van der Waals surface area contributed by atoms with Gasteiger partial charge in [0, 0.05) is 17.2 Å². The molecule has 0 bridgehead atoms. The van der Waals surface area contributed by atoms with E-state index in [0.717, 1.165) is 23.8 Å². The van der Waals surface area contributed by atoms with E-state index in [-0.39, 0.29) is 18.0 Å². The van der Waals surface area contributed by atoms with Crippen LogP contribution in [-0.2, 0) is 0 Å². The lowest BCUT2D eigenvalue weighted by molar-refractivity contribution is 0.0967. The number of allylic oxidation sites excluding steroid dienone is 3. The van der Waals surface area contributed by atoms with Crippen molar-refractivity contribution in [3.05, 3.63) is 90.7 Å². The quantitative estimate of drug-likeness (QED) is 0.523. The van der Waals surface area contributed by atoms with Crippen LogP contribution in [0, 0.1) is 0 Å². The van der Waals surface area contributed by atoms with Gasteiger partial charge in [0.15, 0.2) is 17.5 Å². The van der Waals surface area contributed by atoms with Crippen molar-refractivity contribution in [3.8, 4) is 5.69 Å². The van der Waals surface area contributed by atoms with Crippen molar-refractivity contribution in [2.24, 2.45) is 5.73 Å². The number of carbonyl (C=O) groups excluding carboxylic acids is 1. The van der Waals surface area contributed by atoms with Crippen LogP contribution in [0.25, 0.3) is 11.3 Å². The first-order chi connectivity index (χ1) is 16.5. The third-order valence-corrected chi connectivity index (χ3v) is 5.69. The van der Waals surface area contributed by atoms with Gasteiger partial charge in [0.2, 0.25) is 0 Å². The Hall–Kier alpha value is -4.27. The van der Waals surface area contributed by atoms with Crippen LogP contribution in [0.15, 0.2) is 73.5 Å². The molecule has 1 aliphatic rings. The maximum Gasteiger partial charge on any atom is 0.255 e. The number of amides is 1. The monoisotopic (exact) mass is 456 g/mol. The topological polar surface area (TPSA) is 115 Å². The lowest BCUT2D eigenvalue weighted by Crippen LogP contribution is -2.40. The van der Waals surface area contributed by atoms with Crippen LogP contribution in [0.5, 0.6) is 0 Å². The Balaban J connectivity index is 1.83. The van der Waals surface area contributed by atoms with Gasteiger partial charge in [0.25, 0.3) is 5.91 Å². The van der Waals surface area contributed by atoms with E-state index in [1.165, 1.54) is 6.20 Å². The normalized spacial score (nSPS) is 15.6. The van der Waals surface area contributed by atoms with Crippen LogP contribution in [0.3, 0.4) is 0 Å². The van der Waals surface area contributed by atoms with E-state index in [0.29, 0.717) is 22.7 Å². The second-order valence-corrected chi connectivity index (χ2v) is 8.10. The Kier molecular flexibility index (Phi) is 6.53. The Bertz CT molecular complexity index is 1260. The molecule has 1 aromatic carbocycles. The molecule has 34 heavy (non-hydrogen) atoms. The molecule has 1 amide bonds. The zero-order valence-corrected chi connectivity index (χ0v) is 19.5. The summed E-state index contributed by atoms with van der Waals surface area (Å²) in [5.41, 5.74) is 8.10. The van der Waals surface area contributed by atoms with E-state index in [1.807, 2.05) is 22.8 Å². The molecule has 0 aliphatic carbocycles. The third-order valence-electron chi connectivity index (χ3n) is 5.69. The van der Waals surface area contributed by atoms with Gasteiger partial charge >= 0.3 is 0 Å². The van der Waals surface area contributed by atoms with E-state index < -0.39 is 0 Å². The van der Waals surface area contributed by atoms with Crippen LogP contribution in [0.1, 0.15) is 55.2 Å². The number of carbonyl (C=O) groups is 1. The Morgan fingerprint density at radius 3 is 2.71 bits per heavy atom. The van der Waals surface area contributed by atoms with Gasteiger partial charge in [-0.3, -0.25) is 9.36 Å². The molecular formula is C25H28N8O. The highest BCUT2D eigenvalue weighted by Gasteiger charge is 2.35. The third kappa shape index (κ3) is 4.07. The fraction of sp³-hybridized carbons (Fsp3) is 0.240. The molecule has 0 saturated carbocycles. The molecule has 0 radical (unpaired) electrons. The predicted molar refractivity (Wildman–Crippen MR) is 132 cm³/mol. The standard InChI is InChI=1S/C25H28N8O/c1-5-19(29-25(34)17-10-8-7-9-11-17)18(12-13-26)22-27-14-21-23(30-22)33(16(3)4)20(6-2)24-31-28-15-32(21)24/h5,7-16,20H,1,6,26H2,2-4H3,(H,29,34)/b13-12-,19-18-/t20-/m1/s1. The molecule has 9 heteroatoms. The smallest absolute Gasteiger partial charge is 0.255 e. The summed E-state index contributed by atoms with van der Waals surface area (Å²) in [6.45, 7) is 10.2. The van der Waals surface area contributed by atoms with Crippen molar-refractivity contribution < 1.29 is 4.79 Å². The first-order valence-corrected chi connectivity index (χ1v) is 11.2. The van der Waals surface area contributed by atoms with E-state index in [2.05, 4.69) is 52.7 Å². The van der Waals surface area contributed by atoms with Crippen molar-refractivity contribution in [1.82, 2.24) is 30.0 Å². The first kappa shape index (κ1) is 22.9. The Morgan fingerprint density at radius 1 is 1.29 bits per heavy atom. The number of nitrogens with zero attached hydrogens (tertiary/aromatic N) is 6. The van der Waals surface area contributed by atoms with Crippen LogP contribution in [-0.4, -0.2) is 36.7 Å². The van der Waals surface area contributed by atoms with Gasteiger partial charge < -0.3 is 16.0 Å². The number of nitrogens with one attached hydrogen (secondary N) is 1. The van der Waals surface area contributed by atoms with Gasteiger partial charge in [-0.15, -0.1) is 10.2 Å². The summed E-state index contributed by atoms with van der Waals surface area (Å²) in [5, 5.41) is 11.4. The number of hydrogen-bond donors (Lipinski definition) is 2. The molecule has 0 unspecified atom stereocenters. The highest BCUT2D eigenvalue weighted by molar-refractivity contribution is 5.97. The molecule has 3 N–H and O–H groups in total. The highest BCUT2D eigenvalue weighted by atomic mass is 16.1. The minimum absolute atomic E-state index is 0.0203. The molecule has 0 spiro atoms. The van der Waals surface area contributed by atoms with Crippen molar-refractivity contribution in [1.29, 1.82) is 0 Å². The van der Waals surface area contributed by atoms with E-state index >= 15 is 0 Å². The van der Waals surface area contributed by atoms with E-state index in [1.54, 1.807) is 36.8 Å². The number of nitrogens with two attached hydrogens (primary N) is 1. The van der Waals surface area contributed by atoms with Crippen LogP contribution < -0.4 is 16.0 Å². The van der Waals surface area contributed by atoms with Crippen molar-refractivity contribution in [3.63, 3.8) is 0 Å².